The summed E-state index contributed by atoms with van der Waals surface area (Å²) >= 11 is 0. The number of nitrogens with zero attached hydrogens (tertiary/aromatic N) is 4. The topological polar surface area (TPSA) is 93.3 Å². The highest BCUT2D eigenvalue weighted by atomic mass is 16.3. The van der Waals surface area contributed by atoms with Crippen LogP contribution in [0.25, 0.3) is 0 Å². The van der Waals surface area contributed by atoms with Gasteiger partial charge in [-0.25, -0.2) is 0 Å². The number of aryl methyl sites for hydroxylation is 1. The first kappa shape index (κ1) is 20.5. The van der Waals surface area contributed by atoms with E-state index in [2.05, 4.69) is 20.1 Å². The van der Waals surface area contributed by atoms with Crippen LogP contribution in [0, 0.1) is 0 Å². The number of anilines is 1. The second-order valence-electron chi connectivity index (χ2n) is 8.54. The summed E-state index contributed by atoms with van der Waals surface area (Å²) in [4.78, 5) is 27.2. The summed E-state index contributed by atoms with van der Waals surface area (Å²) in [7, 11) is 0. The van der Waals surface area contributed by atoms with E-state index in [9.17, 15) is 9.59 Å². The normalized spacial score (nSPS) is 18.6. The van der Waals surface area contributed by atoms with Gasteiger partial charge in [0.25, 0.3) is 11.8 Å². The van der Waals surface area contributed by atoms with Crippen LogP contribution in [0.15, 0.2) is 47.1 Å². The lowest BCUT2D eigenvalue weighted by atomic mass is 9.96. The molecule has 1 N–H and O–H groups in total. The average molecular weight is 434 g/mol. The number of aromatic nitrogens is 3. The molecule has 166 valence electrons. The average Bonchev–Trinajstić information content (AvgIpc) is 3.45. The Kier molecular flexibility index (Phi) is 5.75. The zero-order valence-electron chi connectivity index (χ0n) is 18.0. The fourth-order valence-corrected chi connectivity index (χ4v) is 4.66. The summed E-state index contributed by atoms with van der Waals surface area (Å²) in [5, 5.41) is 11.7. The van der Waals surface area contributed by atoms with E-state index in [-0.39, 0.29) is 23.5 Å². The predicted molar refractivity (Wildman–Crippen MR) is 119 cm³/mol. The largest absolute Gasteiger partial charge is 0.459 e. The number of hydrogen-bond acceptors (Lipinski definition) is 5. The van der Waals surface area contributed by atoms with Crippen LogP contribution in [0.5, 0.6) is 0 Å². The first-order chi connectivity index (χ1) is 15.7. The van der Waals surface area contributed by atoms with E-state index in [0.717, 1.165) is 50.4 Å². The number of benzene rings is 1. The summed E-state index contributed by atoms with van der Waals surface area (Å²) in [6.07, 6.45) is 8.00. The number of nitrogens with one attached hydrogen (secondary N) is 1. The van der Waals surface area contributed by atoms with E-state index in [1.54, 1.807) is 36.4 Å². The SMILES string of the molecule is O=C(Nc1ccc(C(=O)N2CCC[C@@H](c3nnc4n3CCCCC4)C2)cc1)c1ccco1. The van der Waals surface area contributed by atoms with Crippen molar-refractivity contribution in [2.24, 2.45) is 0 Å². The lowest BCUT2D eigenvalue weighted by Crippen LogP contribution is -2.39. The number of rotatable bonds is 4. The Labute approximate surface area is 186 Å². The van der Waals surface area contributed by atoms with Gasteiger partial charge in [0.2, 0.25) is 0 Å². The van der Waals surface area contributed by atoms with Gasteiger partial charge in [0.1, 0.15) is 11.6 Å². The summed E-state index contributed by atoms with van der Waals surface area (Å²) in [5.74, 6) is 2.29. The van der Waals surface area contributed by atoms with Gasteiger partial charge < -0.3 is 19.2 Å². The van der Waals surface area contributed by atoms with Crippen molar-refractivity contribution in [2.75, 3.05) is 18.4 Å². The summed E-state index contributed by atoms with van der Waals surface area (Å²) in [6, 6.07) is 10.3. The summed E-state index contributed by atoms with van der Waals surface area (Å²) in [6.45, 7) is 2.38. The van der Waals surface area contributed by atoms with Gasteiger partial charge in [-0.15, -0.1) is 10.2 Å². The highest BCUT2D eigenvalue weighted by Gasteiger charge is 2.30. The van der Waals surface area contributed by atoms with Crippen LogP contribution in [0.3, 0.4) is 0 Å². The van der Waals surface area contributed by atoms with Crippen molar-refractivity contribution in [3.05, 3.63) is 65.6 Å². The molecule has 4 heterocycles. The molecule has 1 aromatic carbocycles. The summed E-state index contributed by atoms with van der Waals surface area (Å²) in [5.41, 5.74) is 1.23. The van der Waals surface area contributed by atoms with Crippen molar-refractivity contribution in [3.8, 4) is 0 Å². The molecule has 0 unspecified atom stereocenters. The molecule has 8 heteroatoms. The third-order valence-corrected chi connectivity index (χ3v) is 6.35. The van der Waals surface area contributed by atoms with Crippen LogP contribution in [-0.4, -0.2) is 44.6 Å². The number of fused-ring (bicyclic) bond motifs is 1. The number of piperidine rings is 1. The molecule has 5 rings (SSSR count). The van der Waals surface area contributed by atoms with Gasteiger partial charge in [0.05, 0.1) is 6.26 Å². The van der Waals surface area contributed by atoms with Crippen molar-refractivity contribution in [3.63, 3.8) is 0 Å². The van der Waals surface area contributed by atoms with E-state index in [4.69, 9.17) is 4.42 Å². The van der Waals surface area contributed by atoms with Crippen LogP contribution in [0.2, 0.25) is 0 Å². The van der Waals surface area contributed by atoms with Gasteiger partial charge in [-0.05, 0) is 62.1 Å². The van der Waals surface area contributed by atoms with Crippen LogP contribution < -0.4 is 5.32 Å². The van der Waals surface area contributed by atoms with Crippen LogP contribution in [0.1, 0.15) is 70.6 Å². The Morgan fingerprint density at radius 2 is 1.88 bits per heavy atom. The van der Waals surface area contributed by atoms with Crippen LogP contribution in [0.4, 0.5) is 5.69 Å². The molecule has 1 saturated heterocycles. The molecular weight excluding hydrogens is 406 g/mol. The van der Waals surface area contributed by atoms with Crippen molar-refractivity contribution in [2.45, 2.75) is 51.0 Å². The van der Waals surface area contributed by atoms with Gasteiger partial charge in [0.15, 0.2) is 5.76 Å². The number of hydrogen-bond donors (Lipinski definition) is 1. The first-order valence-electron chi connectivity index (χ1n) is 11.4. The molecule has 0 aliphatic carbocycles. The van der Waals surface area contributed by atoms with E-state index in [0.29, 0.717) is 17.8 Å². The molecule has 0 radical (unpaired) electrons. The Morgan fingerprint density at radius 3 is 2.69 bits per heavy atom. The Bertz CT molecular complexity index is 1090. The molecule has 0 bridgehead atoms. The predicted octanol–water partition coefficient (Wildman–Crippen LogP) is 3.87. The van der Waals surface area contributed by atoms with Crippen LogP contribution in [-0.2, 0) is 13.0 Å². The zero-order valence-corrected chi connectivity index (χ0v) is 18.0. The molecule has 2 aliphatic heterocycles. The lowest BCUT2D eigenvalue weighted by molar-refractivity contribution is 0.0703. The minimum absolute atomic E-state index is 0.00853. The fraction of sp³-hybridized carbons (Fsp3) is 0.417. The molecule has 0 saturated carbocycles. The van der Waals surface area contributed by atoms with Gasteiger partial charge in [-0.1, -0.05) is 6.42 Å². The molecule has 0 spiro atoms. The van der Waals surface area contributed by atoms with Crippen molar-refractivity contribution in [1.29, 1.82) is 0 Å². The molecule has 3 aromatic rings. The van der Waals surface area contributed by atoms with Crippen molar-refractivity contribution in [1.82, 2.24) is 19.7 Å². The molecule has 2 aliphatic rings. The quantitative estimate of drug-likeness (QED) is 0.674. The number of likely N-dealkylation sites (tertiary alicyclic amines) is 1. The summed E-state index contributed by atoms with van der Waals surface area (Å²) < 4.78 is 7.40. The maximum Gasteiger partial charge on any atom is 0.291 e. The Morgan fingerprint density at radius 1 is 1.00 bits per heavy atom. The molecule has 2 amide bonds. The zero-order chi connectivity index (χ0) is 21.9. The molecule has 1 fully saturated rings. The van der Waals surface area contributed by atoms with Crippen LogP contribution >= 0.6 is 0 Å². The van der Waals surface area contributed by atoms with E-state index in [1.807, 2.05) is 4.90 Å². The van der Waals surface area contributed by atoms with Gasteiger partial charge in [0, 0.05) is 43.2 Å². The maximum atomic E-state index is 13.2. The monoisotopic (exact) mass is 433 g/mol. The first-order valence-corrected chi connectivity index (χ1v) is 11.4. The third kappa shape index (κ3) is 4.17. The fourth-order valence-electron chi connectivity index (χ4n) is 4.66. The minimum atomic E-state index is -0.319. The molecule has 1 atom stereocenters. The van der Waals surface area contributed by atoms with E-state index >= 15 is 0 Å². The maximum absolute atomic E-state index is 13.2. The van der Waals surface area contributed by atoms with Crippen molar-refractivity contribution < 1.29 is 14.0 Å². The smallest absolute Gasteiger partial charge is 0.291 e. The number of amides is 2. The van der Waals surface area contributed by atoms with Gasteiger partial charge >= 0.3 is 0 Å². The number of furan rings is 1. The second-order valence-corrected chi connectivity index (χ2v) is 8.54. The van der Waals surface area contributed by atoms with Crippen molar-refractivity contribution >= 4 is 17.5 Å². The number of carbonyl (C=O) groups is 2. The standard InChI is InChI=1S/C24H27N5O3/c30-23(20-7-5-15-32-20)25-19-11-9-17(10-12-19)24(31)28-13-4-6-18(16-28)22-27-26-21-8-2-1-3-14-29(21)22/h5,7,9-12,15,18H,1-4,6,8,13-14,16H2,(H,25,30)/t18-/m1/s1. The highest BCUT2D eigenvalue weighted by molar-refractivity contribution is 6.02. The third-order valence-electron chi connectivity index (χ3n) is 6.35. The van der Waals surface area contributed by atoms with E-state index in [1.165, 1.54) is 19.1 Å². The highest BCUT2D eigenvalue weighted by Crippen LogP contribution is 2.29. The molecule has 2 aromatic heterocycles. The Hall–Kier alpha value is -3.42. The second kappa shape index (κ2) is 8.98. The van der Waals surface area contributed by atoms with Gasteiger partial charge in [-0.2, -0.15) is 0 Å². The Balaban J connectivity index is 1.25. The molecule has 8 nitrogen and oxygen atoms in total. The molecular formula is C24H27N5O3. The molecule has 32 heavy (non-hydrogen) atoms. The van der Waals surface area contributed by atoms with Gasteiger partial charge in [-0.3, -0.25) is 9.59 Å². The van der Waals surface area contributed by atoms with E-state index < -0.39 is 0 Å². The minimum Gasteiger partial charge on any atom is -0.459 e. The number of carbonyl (C=O) groups excluding carboxylic acids is 2. The lowest BCUT2D eigenvalue weighted by Gasteiger charge is -2.32.